The molecule has 8 heteroatoms. The minimum atomic E-state index is -0.352. The molecule has 4 aromatic rings. The number of aliphatic imine (C=N–C) groups is 1. The second-order valence-corrected chi connectivity index (χ2v) is 8.44. The standard InChI is InChI=1S/C25H25ClN4O2S/c1-3-29-23(31)20(24(32)30(4-2)25(29)33)14-27-13-18(16-9-5-7-11-21(16)26)19-15-28-22-12-8-6-10-17(19)22/h5-12,14-15,18,28,31H,3-4,13H2,1-2H3. The first-order chi connectivity index (χ1) is 16.0. The molecule has 1 atom stereocenters. The molecule has 0 fully saturated rings. The Hall–Kier alpha value is -3.16. The van der Waals surface area contributed by atoms with E-state index < -0.39 is 0 Å². The van der Waals surface area contributed by atoms with Gasteiger partial charge in [0.25, 0.3) is 5.56 Å². The van der Waals surface area contributed by atoms with Gasteiger partial charge in [-0.25, -0.2) is 0 Å². The summed E-state index contributed by atoms with van der Waals surface area (Å²) in [5.74, 6) is -0.305. The monoisotopic (exact) mass is 480 g/mol. The predicted octanol–water partition coefficient (Wildman–Crippen LogP) is 5.51. The van der Waals surface area contributed by atoms with Gasteiger partial charge >= 0.3 is 0 Å². The number of hydrogen-bond donors (Lipinski definition) is 2. The summed E-state index contributed by atoms with van der Waals surface area (Å²) in [7, 11) is 0. The smallest absolute Gasteiger partial charge is 0.267 e. The number of halogens is 1. The van der Waals surface area contributed by atoms with E-state index in [1.807, 2.05) is 62.5 Å². The molecular weight excluding hydrogens is 456 g/mol. The van der Waals surface area contributed by atoms with Crippen LogP contribution in [0.15, 0.2) is 64.5 Å². The molecule has 0 radical (unpaired) electrons. The predicted molar refractivity (Wildman–Crippen MR) is 137 cm³/mol. The topological polar surface area (TPSA) is 75.3 Å². The molecule has 2 heterocycles. The van der Waals surface area contributed by atoms with Crippen molar-refractivity contribution in [3.05, 3.63) is 91.6 Å². The Kier molecular flexibility index (Phi) is 6.81. The van der Waals surface area contributed by atoms with Crippen molar-refractivity contribution in [2.75, 3.05) is 6.54 Å². The molecule has 0 aliphatic rings. The van der Waals surface area contributed by atoms with Gasteiger partial charge in [0.2, 0.25) is 5.88 Å². The first-order valence-electron chi connectivity index (χ1n) is 10.8. The van der Waals surface area contributed by atoms with E-state index in [4.69, 9.17) is 23.8 Å². The second kappa shape index (κ2) is 9.77. The van der Waals surface area contributed by atoms with Crippen molar-refractivity contribution in [3.8, 4) is 5.88 Å². The molecule has 0 aliphatic heterocycles. The molecule has 2 aromatic carbocycles. The van der Waals surface area contributed by atoms with Crippen LogP contribution in [0.25, 0.3) is 10.9 Å². The molecule has 4 rings (SSSR count). The first kappa shape index (κ1) is 23.0. The van der Waals surface area contributed by atoms with Gasteiger partial charge in [0.15, 0.2) is 4.77 Å². The summed E-state index contributed by atoms with van der Waals surface area (Å²) in [4.78, 5) is 20.8. The highest BCUT2D eigenvalue weighted by molar-refractivity contribution is 7.71. The molecule has 0 bridgehead atoms. The Morgan fingerprint density at radius 1 is 1.09 bits per heavy atom. The van der Waals surface area contributed by atoms with E-state index in [9.17, 15) is 9.90 Å². The summed E-state index contributed by atoms with van der Waals surface area (Å²) >= 11 is 11.9. The van der Waals surface area contributed by atoms with E-state index in [0.717, 1.165) is 22.0 Å². The third-order valence-corrected chi connectivity index (χ3v) is 6.64. The number of aromatic amines is 1. The number of fused-ring (bicyclic) bond motifs is 1. The van der Waals surface area contributed by atoms with Crippen LogP contribution in [0, 0.1) is 4.77 Å². The highest BCUT2D eigenvalue weighted by Crippen LogP contribution is 2.34. The molecule has 0 amide bonds. The molecule has 0 saturated carbocycles. The number of aromatic hydroxyl groups is 1. The Labute approximate surface area is 201 Å². The minimum Gasteiger partial charge on any atom is -0.494 e. The van der Waals surface area contributed by atoms with E-state index in [-0.39, 0.29) is 22.9 Å². The van der Waals surface area contributed by atoms with E-state index in [1.165, 1.54) is 15.3 Å². The summed E-state index contributed by atoms with van der Waals surface area (Å²) < 4.78 is 3.30. The number of H-pyrrole nitrogens is 1. The summed E-state index contributed by atoms with van der Waals surface area (Å²) in [5, 5.41) is 12.4. The van der Waals surface area contributed by atoms with Gasteiger partial charge in [-0.3, -0.25) is 18.9 Å². The molecule has 6 nitrogen and oxygen atoms in total. The number of para-hydroxylation sites is 1. The fourth-order valence-electron chi connectivity index (χ4n) is 4.14. The second-order valence-electron chi connectivity index (χ2n) is 7.67. The number of aromatic nitrogens is 3. The lowest BCUT2D eigenvalue weighted by molar-refractivity contribution is 0.399. The quantitative estimate of drug-likeness (QED) is 0.270. The fourth-order valence-corrected chi connectivity index (χ4v) is 4.84. The molecule has 0 saturated heterocycles. The van der Waals surface area contributed by atoms with Crippen molar-refractivity contribution in [1.29, 1.82) is 0 Å². The van der Waals surface area contributed by atoms with E-state index >= 15 is 0 Å². The highest BCUT2D eigenvalue weighted by atomic mass is 35.5. The zero-order valence-corrected chi connectivity index (χ0v) is 20.0. The maximum Gasteiger partial charge on any atom is 0.267 e. The van der Waals surface area contributed by atoms with Crippen LogP contribution in [0.3, 0.4) is 0 Å². The first-order valence-corrected chi connectivity index (χ1v) is 11.6. The van der Waals surface area contributed by atoms with Crippen LogP contribution in [0.4, 0.5) is 0 Å². The van der Waals surface area contributed by atoms with Gasteiger partial charge in [0.1, 0.15) is 5.56 Å². The summed E-state index contributed by atoms with van der Waals surface area (Å²) in [5.41, 5.74) is 2.82. The summed E-state index contributed by atoms with van der Waals surface area (Å²) in [6, 6.07) is 15.8. The molecular formula is C25H25ClN4O2S. The molecule has 2 N–H and O–H groups in total. The Morgan fingerprint density at radius 2 is 1.79 bits per heavy atom. The fraction of sp³-hybridized carbons (Fsp3) is 0.240. The van der Waals surface area contributed by atoms with Gasteiger partial charge in [0, 0.05) is 53.9 Å². The zero-order valence-electron chi connectivity index (χ0n) is 18.5. The van der Waals surface area contributed by atoms with Crippen LogP contribution < -0.4 is 5.56 Å². The maximum absolute atomic E-state index is 12.9. The highest BCUT2D eigenvalue weighted by Gasteiger charge is 2.20. The van der Waals surface area contributed by atoms with Crippen molar-refractivity contribution in [3.63, 3.8) is 0 Å². The van der Waals surface area contributed by atoms with Gasteiger partial charge in [-0.05, 0) is 49.3 Å². The van der Waals surface area contributed by atoms with Crippen LogP contribution >= 0.6 is 23.8 Å². The molecule has 0 spiro atoms. The average molecular weight is 481 g/mol. The Morgan fingerprint density at radius 3 is 2.52 bits per heavy atom. The number of hydrogen-bond acceptors (Lipinski definition) is 4. The number of nitrogens with one attached hydrogen (secondary N) is 1. The van der Waals surface area contributed by atoms with E-state index in [0.29, 0.717) is 29.4 Å². The number of benzene rings is 2. The van der Waals surface area contributed by atoms with Crippen LogP contribution in [0.5, 0.6) is 5.88 Å². The van der Waals surface area contributed by atoms with Gasteiger partial charge in [-0.15, -0.1) is 0 Å². The minimum absolute atomic E-state index is 0.129. The van der Waals surface area contributed by atoms with Crippen LogP contribution in [0.2, 0.25) is 5.02 Å². The SMILES string of the molecule is CCn1c(O)c(C=NCC(c2ccccc2Cl)c2c[nH]c3ccccc23)c(=O)n(CC)c1=S. The third-order valence-electron chi connectivity index (χ3n) is 5.85. The maximum atomic E-state index is 12.9. The van der Waals surface area contributed by atoms with Crippen molar-refractivity contribution >= 4 is 40.9 Å². The van der Waals surface area contributed by atoms with Gasteiger partial charge < -0.3 is 10.1 Å². The van der Waals surface area contributed by atoms with Crippen LogP contribution in [-0.4, -0.2) is 32.0 Å². The average Bonchev–Trinajstić information content (AvgIpc) is 3.24. The zero-order chi connectivity index (χ0) is 23.5. The van der Waals surface area contributed by atoms with E-state index in [2.05, 4.69) is 16.0 Å². The molecule has 33 heavy (non-hydrogen) atoms. The molecule has 1 unspecified atom stereocenters. The molecule has 0 aliphatic carbocycles. The largest absolute Gasteiger partial charge is 0.494 e. The van der Waals surface area contributed by atoms with Crippen molar-refractivity contribution in [1.82, 2.24) is 14.1 Å². The Balaban J connectivity index is 1.79. The summed E-state index contributed by atoms with van der Waals surface area (Å²) in [6.45, 7) is 4.92. The van der Waals surface area contributed by atoms with Crippen molar-refractivity contribution in [2.45, 2.75) is 32.9 Å². The Bertz CT molecular complexity index is 1450. The lowest BCUT2D eigenvalue weighted by atomic mass is 9.91. The van der Waals surface area contributed by atoms with Crippen LogP contribution in [0.1, 0.15) is 36.5 Å². The van der Waals surface area contributed by atoms with Crippen molar-refractivity contribution < 1.29 is 5.11 Å². The third kappa shape index (κ3) is 4.26. The van der Waals surface area contributed by atoms with Gasteiger partial charge in [0.05, 0.1) is 0 Å². The normalized spacial score (nSPS) is 12.6. The number of nitrogens with zero attached hydrogens (tertiary/aromatic N) is 3. The van der Waals surface area contributed by atoms with Crippen LogP contribution in [-0.2, 0) is 13.1 Å². The lowest BCUT2D eigenvalue weighted by Gasteiger charge is -2.17. The van der Waals surface area contributed by atoms with Crippen molar-refractivity contribution in [2.24, 2.45) is 4.99 Å². The van der Waals surface area contributed by atoms with Gasteiger partial charge in [-0.2, -0.15) is 0 Å². The molecule has 170 valence electrons. The lowest BCUT2D eigenvalue weighted by Crippen LogP contribution is -2.28. The van der Waals surface area contributed by atoms with E-state index in [1.54, 1.807) is 0 Å². The van der Waals surface area contributed by atoms with Gasteiger partial charge in [-0.1, -0.05) is 48.0 Å². The molecule has 2 aromatic heterocycles. The summed E-state index contributed by atoms with van der Waals surface area (Å²) in [6.07, 6.45) is 3.43. The number of rotatable bonds is 7.